The van der Waals surface area contributed by atoms with Crippen LogP contribution in [0.1, 0.15) is 36.1 Å². The summed E-state index contributed by atoms with van der Waals surface area (Å²) in [5.41, 5.74) is 5.68. The highest BCUT2D eigenvalue weighted by atomic mass is 16.6. The fraction of sp³-hybridized carbons (Fsp3) is 0.276. The molecule has 0 aliphatic carbocycles. The van der Waals surface area contributed by atoms with Gasteiger partial charge in [0.1, 0.15) is 12.4 Å². The maximum atomic E-state index is 12.1. The van der Waals surface area contributed by atoms with Gasteiger partial charge in [-0.1, -0.05) is 72.3 Å². The summed E-state index contributed by atoms with van der Waals surface area (Å²) in [7, 11) is 0. The number of carbonyl (C=O) groups excluding carboxylic acids is 1. The summed E-state index contributed by atoms with van der Waals surface area (Å²) in [6, 6.07) is 26.6. The standard InChI is InChI=1S/C29H32O4/c1-4-31-28(29(30)32-5-2)21-23-13-17-26(18-14-23)33-20-19-27(24-9-7-6-8-10-24)25-15-11-22(3)12-16-25/h6-19,28H,4-5,20-21H2,1-3H3/b27-19-/t28-/m0/s1. The van der Waals surface area contributed by atoms with E-state index in [9.17, 15) is 4.79 Å². The summed E-state index contributed by atoms with van der Waals surface area (Å²) in [6.07, 6.45) is 1.99. The molecule has 0 aliphatic heterocycles. The minimum absolute atomic E-state index is 0.325. The van der Waals surface area contributed by atoms with Gasteiger partial charge in [-0.15, -0.1) is 0 Å². The van der Waals surface area contributed by atoms with Crippen LogP contribution in [-0.2, 0) is 20.7 Å². The molecule has 0 N–H and O–H groups in total. The zero-order valence-electron chi connectivity index (χ0n) is 19.6. The molecule has 0 fully saturated rings. The summed E-state index contributed by atoms with van der Waals surface area (Å²) in [6.45, 7) is 7.01. The predicted octanol–water partition coefficient (Wildman–Crippen LogP) is 6.02. The van der Waals surface area contributed by atoms with Gasteiger partial charge >= 0.3 is 5.97 Å². The summed E-state index contributed by atoms with van der Waals surface area (Å²) in [5, 5.41) is 0. The molecular weight excluding hydrogens is 412 g/mol. The zero-order valence-corrected chi connectivity index (χ0v) is 19.6. The maximum absolute atomic E-state index is 12.1. The molecule has 3 aromatic carbocycles. The number of hydrogen-bond donors (Lipinski definition) is 0. The Labute approximate surface area is 196 Å². The SMILES string of the molecule is CCOC(=O)[C@H](Cc1ccc(OC/C=C(/c2ccccc2)c2ccc(C)cc2)cc1)OCC. The van der Waals surface area contributed by atoms with E-state index in [0.29, 0.717) is 26.2 Å². The molecule has 0 amide bonds. The predicted molar refractivity (Wildman–Crippen MR) is 132 cm³/mol. The van der Waals surface area contributed by atoms with Gasteiger partial charge in [-0.2, -0.15) is 0 Å². The zero-order chi connectivity index (χ0) is 23.5. The first-order chi connectivity index (χ1) is 16.1. The van der Waals surface area contributed by atoms with E-state index in [-0.39, 0.29) is 5.97 Å². The van der Waals surface area contributed by atoms with Crippen LogP contribution in [-0.4, -0.2) is 31.9 Å². The highest BCUT2D eigenvalue weighted by Crippen LogP contribution is 2.24. The number of rotatable bonds is 11. The van der Waals surface area contributed by atoms with Crippen molar-refractivity contribution in [1.29, 1.82) is 0 Å². The van der Waals surface area contributed by atoms with Crippen molar-refractivity contribution in [3.05, 3.63) is 107 Å². The average Bonchev–Trinajstić information content (AvgIpc) is 2.84. The molecular formula is C29H32O4. The second-order valence-corrected chi connectivity index (χ2v) is 7.70. The average molecular weight is 445 g/mol. The van der Waals surface area contributed by atoms with Crippen molar-refractivity contribution < 1.29 is 19.0 Å². The Balaban J connectivity index is 1.67. The quantitative estimate of drug-likeness (QED) is 0.340. The van der Waals surface area contributed by atoms with Gasteiger partial charge in [0.25, 0.3) is 0 Å². The fourth-order valence-corrected chi connectivity index (χ4v) is 3.56. The molecule has 3 aromatic rings. The van der Waals surface area contributed by atoms with Crippen molar-refractivity contribution >= 4 is 11.5 Å². The molecule has 3 rings (SSSR count). The molecule has 0 saturated carbocycles. The number of hydrogen-bond acceptors (Lipinski definition) is 4. The van der Waals surface area contributed by atoms with Gasteiger partial charge in [-0.05, 0) is 61.2 Å². The van der Waals surface area contributed by atoms with Gasteiger partial charge in [0, 0.05) is 13.0 Å². The van der Waals surface area contributed by atoms with Gasteiger partial charge < -0.3 is 14.2 Å². The molecule has 0 aliphatic rings. The van der Waals surface area contributed by atoms with E-state index in [2.05, 4.69) is 49.4 Å². The minimum atomic E-state index is -0.590. The third-order valence-corrected chi connectivity index (χ3v) is 5.25. The minimum Gasteiger partial charge on any atom is -0.490 e. The molecule has 172 valence electrons. The Kier molecular flexibility index (Phi) is 9.28. The van der Waals surface area contributed by atoms with Crippen LogP contribution >= 0.6 is 0 Å². The van der Waals surface area contributed by atoms with Gasteiger partial charge in [0.2, 0.25) is 0 Å². The molecule has 0 unspecified atom stereocenters. The van der Waals surface area contributed by atoms with Gasteiger partial charge in [-0.25, -0.2) is 4.79 Å². The number of benzene rings is 3. The summed E-state index contributed by atoms with van der Waals surface area (Å²) in [5.74, 6) is 0.449. The van der Waals surface area contributed by atoms with Crippen molar-refractivity contribution in [3.8, 4) is 5.75 Å². The first-order valence-corrected chi connectivity index (χ1v) is 11.4. The molecule has 0 radical (unpaired) electrons. The van der Waals surface area contributed by atoms with E-state index in [0.717, 1.165) is 28.0 Å². The van der Waals surface area contributed by atoms with Crippen LogP contribution in [0.2, 0.25) is 0 Å². The molecule has 33 heavy (non-hydrogen) atoms. The monoisotopic (exact) mass is 444 g/mol. The van der Waals surface area contributed by atoms with Gasteiger partial charge in [0.15, 0.2) is 6.10 Å². The third-order valence-electron chi connectivity index (χ3n) is 5.25. The van der Waals surface area contributed by atoms with Crippen LogP contribution in [0.25, 0.3) is 5.57 Å². The van der Waals surface area contributed by atoms with Crippen molar-refractivity contribution in [2.75, 3.05) is 19.8 Å². The van der Waals surface area contributed by atoms with Crippen LogP contribution in [0.5, 0.6) is 5.75 Å². The Bertz CT molecular complexity index is 1020. The van der Waals surface area contributed by atoms with E-state index in [1.54, 1.807) is 6.92 Å². The highest BCUT2D eigenvalue weighted by Gasteiger charge is 2.20. The molecule has 0 aromatic heterocycles. The van der Waals surface area contributed by atoms with Crippen LogP contribution in [0.4, 0.5) is 0 Å². The molecule has 0 bridgehead atoms. The van der Waals surface area contributed by atoms with Crippen LogP contribution in [0.15, 0.2) is 84.9 Å². The largest absolute Gasteiger partial charge is 0.490 e. The third kappa shape index (κ3) is 7.33. The van der Waals surface area contributed by atoms with Crippen LogP contribution in [0.3, 0.4) is 0 Å². The Morgan fingerprint density at radius 2 is 1.52 bits per heavy atom. The number of aryl methyl sites for hydroxylation is 1. The van der Waals surface area contributed by atoms with E-state index in [1.807, 2.05) is 49.4 Å². The molecule has 0 heterocycles. The van der Waals surface area contributed by atoms with E-state index < -0.39 is 6.10 Å². The van der Waals surface area contributed by atoms with Crippen molar-refractivity contribution in [2.45, 2.75) is 33.3 Å². The summed E-state index contributed by atoms with van der Waals surface area (Å²) >= 11 is 0. The molecule has 1 atom stereocenters. The lowest BCUT2D eigenvalue weighted by molar-refractivity contribution is -0.156. The molecule has 0 saturated heterocycles. The first kappa shape index (κ1) is 24.3. The Hall–Kier alpha value is -3.37. The van der Waals surface area contributed by atoms with Crippen LogP contribution in [0, 0.1) is 6.92 Å². The summed E-state index contributed by atoms with van der Waals surface area (Å²) in [4.78, 5) is 12.1. The van der Waals surface area contributed by atoms with Crippen molar-refractivity contribution in [2.24, 2.45) is 0 Å². The van der Waals surface area contributed by atoms with Gasteiger partial charge in [-0.3, -0.25) is 0 Å². The lowest BCUT2D eigenvalue weighted by Gasteiger charge is -2.15. The number of ether oxygens (including phenoxy) is 3. The second-order valence-electron chi connectivity index (χ2n) is 7.70. The number of esters is 1. The smallest absolute Gasteiger partial charge is 0.335 e. The van der Waals surface area contributed by atoms with E-state index in [4.69, 9.17) is 14.2 Å². The highest BCUT2D eigenvalue weighted by molar-refractivity contribution is 5.80. The first-order valence-electron chi connectivity index (χ1n) is 11.4. The summed E-state index contributed by atoms with van der Waals surface area (Å²) < 4.78 is 16.7. The topological polar surface area (TPSA) is 44.8 Å². The fourth-order valence-electron chi connectivity index (χ4n) is 3.56. The van der Waals surface area contributed by atoms with Crippen molar-refractivity contribution in [1.82, 2.24) is 0 Å². The molecule has 4 heteroatoms. The lowest BCUT2D eigenvalue weighted by atomic mass is 9.97. The number of carbonyl (C=O) groups is 1. The van der Waals surface area contributed by atoms with E-state index in [1.165, 1.54) is 5.56 Å². The second kappa shape index (κ2) is 12.6. The normalized spacial score (nSPS) is 12.3. The van der Waals surface area contributed by atoms with Crippen LogP contribution < -0.4 is 4.74 Å². The Morgan fingerprint density at radius 1 is 0.848 bits per heavy atom. The Morgan fingerprint density at radius 3 is 2.15 bits per heavy atom. The lowest BCUT2D eigenvalue weighted by Crippen LogP contribution is -2.28. The maximum Gasteiger partial charge on any atom is 0.335 e. The van der Waals surface area contributed by atoms with Crippen molar-refractivity contribution in [3.63, 3.8) is 0 Å². The van der Waals surface area contributed by atoms with Gasteiger partial charge in [0.05, 0.1) is 6.61 Å². The molecule has 0 spiro atoms. The molecule has 4 nitrogen and oxygen atoms in total. The van der Waals surface area contributed by atoms with E-state index >= 15 is 0 Å².